The number of hydrogen-bond acceptors (Lipinski definition) is 3. The predicted molar refractivity (Wildman–Crippen MR) is 92.2 cm³/mol. The minimum atomic E-state index is -0.691. The van der Waals surface area contributed by atoms with Crippen LogP contribution in [-0.2, 0) is 4.84 Å². The van der Waals surface area contributed by atoms with Crippen molar-refractivity contribution in [3.63, 3.8) is 0 Å². The van der Waals surface area contributed by atoms with Gasteiger partial charge in [-0.3, -0.25) is 0 Å². The lowest BCUT2D eigenvalue weighted by atomic mass is 10.1. The van der Waals surface area contributed by atoms with Crippen LogP contribution < -0.4 is 0 Å². The van der Waals surface area contributed by atoms with Gasteiger partial charge in [0.25, 0.3) is 0 Å². The van der Waals surface area contributed by atoms with Crippen LogP contribution in [0, 0.1) is 11.7 Å². The third kappa shape index (κ3) is 3.60. The van der Waals surface area contributed by atoms with Gasteiger partial charge in [0.2, 0.25) is 0 Å². The summed E-state index contributed by atoms with van der Waals surface area (Å²) in [4.78, 5) is 17.1. The molecule has 2 aromatic carbocycles. The van der Waals surface area contributed by atoms with Crippen LogP contribution in [0.5, 0.6) is 0 Å². The maximum absolute atomic E-state index is 13.0. The summed E-state index contributed by atoms with van der Waals surface area (Å²) in [5.41, 5.74) is 1.86. The van der Waals surface area contributed by atoms with Gasteiger partial charge in [0.1, 0.15) is 5.82 Å². The summed E-state index contributed by atoms with van der Waals surface area (Å²) < 4.78 is 13.0. The fourth-order valence-electron chi connectivity index (χ4n) is 2.65. The molecule has 0 heterocycles. The van der Waals surface area contributed by atoms with Gasteiger partial charge in [0.05, 0.1) is 21.3 Å². The largest absolute Gasteiger partial charge is 0.368 e. The molecule has 6 heteroatoms. The van der Waals surface area contributed by atoms with Gasteiger partial charge < -0.3 is 4.84 Å². The lowest BCUT2D eigenvalue weighted by molar-refractivity contribution is 0.0515. The van der Waals surface area contributed by atoms with Crippen LogP contribution >= 0.6 is 23.2 Å². The number of rotatable bonds is 4. The first kappa shape index (κ1) is 16.9. The molecule has 1 fully saturated rings. The maximum atomic E-state index is 13.0. The van der Waals surface area contributed by atoms with E-state index in [-0.39, 0.29) is 33.3 Å². The third-order valence-electron chi connectivity index (χ3n) is 4.06. The molecule has 0 N–H and O–H groups in total. The molecule has 2 atom stereocenters. The molecule has 0 bridgehead atoms. The third-order valence-corrected chi connectivity index (χ3v) is 4.69. The second-order valence-corrected chi connectivity index (χ2v) is 6.52. The van der Waals surface area contributed by atoms with Crippen LogP contribution in [0.4, 0.5) is 4.39 Å². The molecule has 24 heavy (non-hydrogen) atoms. The second kappa shape index (κ2) is 6.91. The molecule has 1 saturated carbocycles. The molecule has 0 spiro atoms. The van der Waals surface area contributed by atoms with E-state index in [1.54, 1.807) is 37.3 Å². The predicted octanol–water partition coefficient (Wildman–Crippen LogP) is 5.47. The fraction of sp³-hybridized carbons (Fsp3) is 0.222. The molecular weight excluding hydrogens is 352 g/mol. The smallest absolute Gasteiger partial charge is 0.313 e. The summed E-state index contributed by atoms with van der Waals surface area (Å²) in [7, 11) is 0. The molecular formula is C18H14Cl2FNO2. The van der Waals surface area contributed by atoms with Gasteiger partial charge in [-0.25, -0.2) is 9.18 Å². The van der Waals surface area contributed by atoms with Gasteiger partial charge in [-0.1, -0.05) is 46.6 Å². The first-order valence-corrected chi connectivity index (χ1v) is 8.18. The molecule has 124 valence electrons. The van der Waals surface area contributed by atoms with E-state index in [0.29, 0.717) is 5.71 Å². The summed E-state index contributed by atoms with van der Waals surface area (Å²) in [5, 5.41) is 4.35. The zero-order valence-electron chi connectivity index (χ0n) is 12.8. The van der Waals surface area contributed by atoms with Crippen molar-refractivity contribution >= 4 is 34.9 Å². The van der Waals surface area contributed by atoms with E-state index in [4.69, 9.17) is 28.0 Å². The molecule has 0 amide bonds. The molecule has 2 aromatic rings. The zero-order valence-corrected chi connectivity index (χ0v) is 14.3. The molecule has 0 saturated heterocycles. The number of hydrogen-bond donors (Lipinski definition) is 0. The van der Waals surface area contributed by atoms with E-state index in [9.17, 15) is 9.18 Å². The quantitative estimate of drug-likeness (QED) is 0.409. The molecule has 0 aliphatic heterocycles. The lowest BCUT2D eigenvalue weighted by Crippen LogP contribution is -2.06. The Balaban J connectivity index is 1.65. The number of oxime groups is 1. The van der Waals surface area contributed by atoms with Gasteiger partial charge >= 0.3 is 5.97 Å². The van der Waals surface area contributed by atoms with Crippen LogP contribution in [0.25, 0.3) is 0 Å². The van der Waals surface area contributed by atoms with Gasteiger partial charge in [-0.2, -0.15) is 0 Å². The zero-order chi connectivity index (χ0) is 17.3. The molecule has 0 aromatic heterocycles. The Morgan fingerprint density at radius 2 is 1.79 bits per heavy atom. The molecule has 3 rings (SSSR count). The maximum Gasteiger partial charge on any atom is 0.368 e. The number of halogens is 3. The van der Waals surface area contributed by atoms with Crippen molar-refractivity contribution in [3.05, 3.63) is 69.5 Å². The molecule has 1 aliphatic carbocycles. The Kier molecular flexibility index (Phi) is 4.88. The Morgan fingerprint density at radius 1 is 1.17 bits per heavy atom. The minimum Gasteiger partial charge on any atom is -0.313 e. The highest BCUT2D eigenvalue weighted by molar-refractivity contribution is 6.39. The Hall–Kier alpha value is -1.91. The van der Waals surface area contributed by atoms with Gasteiger partial charge in [-0.05, 0) is 49.1 Å². The fourth-order valence-corrected chi connectivity index (χ4v) is 3.21. The van der Waals surface area contributed by atoms with E-state index >= 15 is 0 Å². The van der Waals surface area contributed by atoms with Crippen LogP contribution in [0.15, 0.2) is 47.6 Å². The normalized spacial score (nSPS) is 19.9. The SMILES string of the molecule is C/C(=N/OC(=O)c1c(Cl)cccc1Cl)[C@H]1C[C@@H]1c1ccc(F)cc1. The van der Waals surface area contributed by atoms with Crippen molar-refractivity contribution in [2.24, 2.45) is 11.1 Å². The summed E-state index contributed by atoms with van der Waals surface area (Å²) in [6.45, 7) is 1.80. The number of carbonyl (C=O) groups is 1. The first-order chi connectivity index (χ1) is 11.5. The summed E-state index contributed by atoms with van der Waals surface area (Å²) in [6.07, 6.45) is 0.894. The molecule has 1 aliphatic rings. The number of nitrogens with zero attached hydrogens (tertiary/aromatic N) is 1. The average Bonchev–Trinajstić information content (AvgIpc) is 3.34. The van der Waals surface area contributed by atoms with Crippen molar-refractivity contribution in [2.75, 3.05) is 0 Å². The summed E-state index contributed by atoms with van der Waals surface area (Å²) in [6, 6.07) is 11.2. The van der Waals surface area contributed by atoms with Gasteiger partial charge in [-0.15, -0.1) is 0 Å². The topological polar surface area (TPSA) is 38.7 Å². The van der Waals surface area contributed by atoms with E-state index < -0.39 is 5.97 Å². The highest BCUT2D eigenvalue weighted by Gasteiger charge is 2.40. The van der Waals surface area contributed by atoms with E-state index in [0.717, 1.165) is 12.0 Å². The van der Waals surface area contributed by atoms with Crippen molar-refractivity contribution in [1.82, 2.24) is 0 Å². The van der Waals surface area contributed by atoms with E-state index in [1.165, 1.54) is 12.1 Å². The van der Waals surface area contributed by atoms with Crippen molar-refractivity contribution in [2.45, 2.75) is 19.3 Å². The second-order valence-electron chi connectivity index (χ2n) is 5.71. The minimum absolute atomic E-state index is 0.100. The first-order valence-electron chi connectivity index (χ1n) is 7.42. The Morgan fingerprint density at radius 3 is 2.42 bits per heavy atom. The van der Waals surface area contributed by atoms with Crippen LogP contribution in [0.2, 0.25) is 10.0 Å². The summed E-state index contributed by atoms with van der Waals surface area (Å²) in [5.74, 6) is -0.488. The van der Waals surface area contributed by atoms with E-state index in [2.05, 4.69) is 5.16 Å². The summed E-state index contributed by atoms with van der Waals surface area (Å²) >= 11 is 11.9. The lowest BCUT2D eigenvalue weighted by Gasteiger charge is -2.04. The van der Waals surface area contributed by atoms with Crippen LogP contribution in [-0.4, -0.2) is 11.7 Å². The number of benzene rings is 2. The van der Waals surface area contributed by atoms with Crippen molar-refractivity contribution < 1.29 is 14.0 Å². The van der Waals surface area contributed by atoms with E-state index in [1.807, 2.05) is 0 Å². The molecule has 3 nitrogen and oxygen atoms in total. The highest BCUT2D eigenvalue weighted by Crippen LogP contribution is 2.48. The highest BCUT2D eigenvalue weighted by atomic mass is 35.5. The monoisotopic (exact) mass is 365 g/mol. The van der Waals surface area contributed by atoms with Crippen molar-refractivity contribution in [1.29, 1.82) is 0 Å². The van der Waals surface area contributed by atoms with Crippen molar-refractivity contribution in [3.8, 4) is 0 Å². The Labute approximate surface area is 149 Å². The van der Waals surface area contributed by atoms with Crippen LogP contribution in [0.1, 0.15) is 35.2 Å². The standard InChI is InChI=1S/C18H14Cl2FNO2/c1-10(13-9-14(13)11-5-7-12(21)8-6-11)22-24-18(23)17-15(19)3-2-4-16(17)20/h2-8,13-14H,9H2,1H3/b22-10-/t13-,14-/m1/s1. The molecule has 0 unspecified atom stereocenters. The van der Waals surface area contributed by atoms with Gasteiger partial charge in [0.15, 0.2) is 0 Å². The number of carbonyl (C=O) groups excluding carboxylic acids is 1. The molecule has 0 radical (unpaired) electrons. The van der Waals surface area contributed by atoms with Crippen LogP contribution in [0.3, 0.4) is 0 Å². The average molecular weight is 366 g/mol. The Bertz CT molecular complexity index is 785. The van der Waals surface area contributed by atoms with Gasteiger partial charge in [0, 0.05) is 5.92 Å².